The summed E-state index contributed by atoms with van der Waals surface area (Å²) in [7, 11) is 0. The van der Waals surface area contributed by atoms with Gasteiger partial charge in [0.15, 0.2) is 0 Å². The fraction of sp³-hybridized carbons (Fsp3) is 0.500. The highest BCUT2D eigenvalue weighted by atomic mass is 19.1. The Kier molecular flexibility index (Phi) is 4.60. The highest BCUT2D eigenvalue weighted by Crippen LogP contribution is 2.10. The van der Waals surface area contributed by atoms with Crippen molar-refractivity contribution in [3.8, 4) is 0 Å². The monoisotopic (exact) mass is 195 g/mol. The third-order valence-corrected chi connectivity index (χ3v) is 2.29. The highest BCUT2D eigenvalue weighted by molar-refractivity contribution is 5.23. The van der Waals surface area contributed by atoms with Gasteiger partial charge in [0.2, 0.25) is 0 Å². The van der Waals surface area contributed by atoms with Gasteiger partial charge in [-0.15, -0.1) is 0 Å². The van der Waals surface area contributed by atoms with E-state index >= 15 is 0 Å². The lowest BCUT2D eigenvalue weighted by atomic mass is 10.1. The molecular formula is C12H18FN. The average Bonchev–Trinajstić information content (AvgIpc) is 2.18. The zero-order valence-electron chi connectivity index (χ0n) is 8.94. The lowest BCUT2D eigenvalue weighted by molar-refractivity contribution is 0.616. The minimum atomic E-state index is -0.111. The number of rotatable bonds is 5. The zero-order chi connectivity index (χ0) is 10.4. The topological polar surface area (TPSA) is 12.0 Å². The molecule has 0 unspecified atom stereocenters. The van der Waals surface area contributed by atoms with Crippen LogP contribution in [0.4, 0.5) is 4.39 Å². The summed E-state index contributed by atoms with van der Waals surface area (Å²) in [5, 5.41) is 3.27. The second-order valence-corrected chi connectivity index (χ2v) is 3.54. The second-order valence-electron chi connectivity index (χ2n) is 3.54. The Morgan fingerprint density at radius 3 is 2.79 bits per heavy atom. The van der Waals surface area contributed by atoms with Gasteiger partial charge in [-0.25, -0.2) is 4.39 Å². The fourth-order valence-corrected chi connectivity index (χ4v) is 1.46. The van der Waals surface area contributed by atoms with Crippen molar-refractivity contribution in [3.63, 3.8) is 0 Å². The third-order valence-electron chi connectivity index (χ3n) is 2.29. The van der Waals surface area contributed by atoms with Gasteiger partial charge in [-0.3, -0.25) is 0 Å². The van der Waals surface area contributed by atoms with E-state index in [9.17, 15) is 4.39 Å². The molecule has 1 aromatic carbocycles. The quantitative estimate of drug-likeness (QED) is 0.712. The number of aryl methyl sites for hydroxylation is 2. The first-order valence-corrected chi connectivity index (χ1v) is 5.19. The van der Waals surface area contributed by atoms with E-state index in [4.69, 9.17) is 0 Å². The van der Waals surface area contributed by atoms with E-state index in [1.807, 2.05) is 19.1 Å². The zero-order valence-corrected chi connectivity index (χ0v) is 8.94. The molecule has 1 aromatic rings. The van der Waals surface area contributed by atoms with Crippen LogP contribution in [-0.2, 0) is 6.42 Å². The van der Waals surface area contributed by atoms with Gasteiger partial charge < -0.3 is 5.32 Å². The van der Waals surface area contributed by atoms with Crippen molar-refractivity contribution in [2.75, 3.05) is 13.1 Å². The van der Waals surface area contributed by atoms with E-state index < -0.39 is 0 Å². The van der Waals surface area contributed by atoms with Gasteiger partial charge in [-0.2, -0.15) is 0 Å². The Morgan fingerprint density at radius 1 is 1.36 bits per heavy atom. The smallest absolute Gasteiger partial charge is 0.126 e. The van der Waals surface area contributed by atoms with E-state index in [1.165, 1.54) is 5.56 Å². The molecule has 0 spiro atoms. The molecule has 1 nitrogen and oxygen atoms in total. The molecule has 2 heteroatoms. The van der Waals surface area contributed by atoms with Crippen LogP contribution in [0.2, 0.25) is 0 Å². The average molecular weight is 195 g/mol. The van der Waals surface area contributed by atoms with Crippen LogP contribution >= 0.6 is 0 Å². The predicted octanol–water partition coefficient (Wildman–Crippen LogP) is 2.68. The van der Waals surface area contributed by atoms with Crippen LogP contribution in [-0.4, -0.2) is 13.1 Å². The molecule has 0 amide bonds. The molecule has 0 aliphatic rings. The normalized spacial score (nSPS) is 10.5. The Morgan fingerprint density at radius 2 is 2.14 bits per heavy atom. The molecule has 0 aliphatic carbocycles. The summed E-state index contributed by atoms with van der Waals surface area (Å²) in [5.41, 5.74) is 1.97. The van der Waals surface area contributed by atoms with Crippen molar-refractivity contribution in [2.45, 2.75) is 26.7 Å². The summed E-state index contributed by atoms with van der Waals surface area (Å²) >= 11 is 0. The Balaban J connectivity index is 2.39. The molecule has 78 valence electrons. The summed E-state index contributed by atoms with van der Waals surface area (Å²) in [5.74, 6) is -0.111. The number of halogens is 1. The van der Waals surface area contributed by atoms with Crippen molar-refractivity contribution >= 4 is 0 Å². The maximum Gasteiger partial charge on any atom is 0.126 e. The number of hydrogen-bond acceptors (Lipinski definition) is 1. The van der Waals surface area contributed by atoms with Gasteiger partial charge in [0.05, 0.1) is 0 Å². The van der Waals surface area contributed by atoms with Crippen LogP contribution in [0.1, 0.15) is 24.5 Å². The maximum absolute atomic E-state index is 12.9. The van der Waals surface area contributed by atoms with E-state index in [-0.39, 0.29) is 5.82 Å². The van der Waals surface area contributed by atoms with E-state index in [1.54, 1.807) is 6.07 Å². The largest absolute Gasteiger partial charge is 0.317 e. The first-order valence-electron chi connectivity index (χ1n) is 5.19. The van der Waals surface area contributed by atoms with E-state index in [0.29, 0.717) is 0 Å². The van der Waals surface area contributed by atoms with Gasteiger partial charge in [0, 0.05) is 0 Å². The summed E-state index contributed by atoms with van der Waals surface area (Å²) in [4.78, 5) is 0. The molecule has 1 rings (SSSR count). The molecule has 0 aromatic heterocycles. The van der Waals surface area contributed by atoms with Crippen molar-refractivity contribution < 1.29 is 4.39 Å². The van der Waals surface area contributed by atoms with Gasteiger partial charge >= 0.3 is 0 Å². The molecule has 14 heavy (non-hydrogen) atoms. The SMILES string of the molecule is CCNCCCc1ccc(F)c(C)c1. The second kappa shape index (κ2) is 5.76. The lowest BCUT2D eigenvalue weighted by Crippen LogP contribution is -2.14. The molecular weight excluding hydrogens is 177 g/mol. The fourth-order valence-electron chi connectivity index (χ4n) is 1.46. The Labute approximate surface area is 85.3 Å². The molecule has 0 atom stereocenters. The first-order chi connectivity index (χ1) is 6.74. The summed E-state index contributed by atoms with van der Waals surface area (Å²) in [6, 6.07) is 5.35. The highest BCUT2D eigenvalue weighted by Gasteiger charge is 1.98. The standard InChI is InChI=1S/C12H18FN/c1-3-14-8-4-5-11-6-7-12(13)10(2)9-11/h6-7,9,14H,3-5,8H2,1-2H3. The summed E-state index contributed by atoms with van der Waals surface area (Å²) in [6.45, 7) is 5.96. The molecule has 0 saturated heterocycles. The minimum absolute atomic E-state index is 0.111. The van der Waals surface area contributed by atoms with Crippen molar-refractivity contribution in [1.82, 2.24) is 5.32 Å². The van der Waals surface area contributed by atoms with Gasteiger partial charge in [0.1, 0.15) is 5.82 Å². The van der Waals surface area contributed by atoms with Crippen LogP contribution in [0.3, 0.4) is 0 Å². The Bertz CT molecular complexity index is 284. The Hall–Kier alpha value is -0.890. The van der Waals surface area contributed by atoms with Gasteiger partial charge in [-0.1, -0.05) is 19.1 Å². The number of hydrogen-bond donors (Lipinski definition) is 1. The van der Waals surface area contributed by atoms with Crippen molar-refractivity contribution in [1.29, 1.82) is 0 Å². The first kappa shape index (κ1) is 11.2. The summed E-state index contributed by atoms with van der Waals surface area (Å²) < 4.78 is 12.9. The minimum Gasteiger partial charge on any atom is -0.317 e. The van der Waals surface area contributed by atoms with Crippen LogP contribution in [0.15, 0.2) is 18.2 Å². The molecule has 0 aliphatic heterocycles. The van der Waals surface area contributed by atoms with Crippen LogP contribution < -0.4 is 5.32 Å². The van der Waals surface area contributed by atoms with Crippen molar-refractivity contribution in [3.05, 3.63) is 35.1 Å². The molecule has 1 N–H and O–H groups in total. The van der Waals surface area contributed by atoms with Crippen molar-refractivity contribution in [2.24, 2.45) is 0 Å². The molecule has 0 fully saturated rings. The van der Waals surface area contributed by atoms with Crippen LogP contribution in [0.25, 0.3) is 0 Å². The lowest BCUT2D eigenvalue weighted by Gasteiger charge is -2.04. The van der Waals surface area contributed by atoms with Crippen LogP contribution in [0, 0.1) is 12.7 Å². The predicted molar refractivity (Wildman–Crippen MR) is 58.0 cm³/mol. The van der Waals surface area contributed by atoms with E-state index in [2.05, 4.69) is 12.2 Å². The van der Waals surface area contributed by atoms with Crippen LogP contribution in [0.5, 0.6) is 0 Å². The maximum atomic E-state index is 12.9. The molecule has 0 bridgehead atoms. The third kappa shape index (κ3) is 3.46. The van der Waals surface area contributed by atoms with Gasteiger partial charge in [-0.05, 0) is 50.0 Å². The molecule has 0 radical (unpaired) electrons. The van der Waals surface area contributed by atoms with E-state index in [0.717, 1.165) is 31.5 Å². The molecule has 0 heterocycles. The summed E-state index contributed by atoms with van der Waals surface area (Å²) in [6.07, 6.45) is 2.13. The molecule has 0 saturated carbocycles. The van der Waals surface area contributed by atoms with Gasteiger partial charge in [0.25, 0.3) is 0 Å². The number of benzene rings is 1. The number of nitrogens with one attached hydrogen (secondary N) is 1.